The van der Waals surface area contributed by atoms with E-state index in [9.17, 15) is 5.11 Å². The molecule has 0 aliphatic carbocycles. The van der Waals surface area contributed by atoms with Gasteiger partial charge in [0.15, 0.2) is 16.7 Å². The molecule has 0 spiro atoms. The summed E-state index contributed by atoms with van der Waals surface area (Å²) in [4.78, 5) is 12.0. The predicted molar refractivity (Wildman–Crippen MR) is 107 cm³/mol. The van der Waals surface area contributed by atoms with E-state index in [2.05, 4.69) is 16.8 Å². The number of aliphatic imine (C=N–C) groups is 1. The molecule has 1 N–H and O–H groups in total. The number of aromatic hydroxyl groups is 1. The Kier molecular flexibility index (Phi) is 4.86. The highest BCUT2D eigenvalue weighted by Crippen LogP contribution is 2.50. The number of thioether (sulfide) groups is 1. The second-order valence-electron chi connectivity index (χ2n) is 6.61. The first-order valence-electron chi connectivity index (χ1n) is 9.02. The fraction of sp³-hybridized carbons (Fsp3) is 0.400. The standard InChI is InChI=1S/C20H23N3O3S/c1-4-13-11-27-20-22-17(14-7-5-6-8-21-14)18(23(13)20)12-9-15(25-2)19(24)16(10-12)26-3/h5-10,13,17-18,24H,4,11H2,1-3H3/t13-,17-,18+/m1/s1. The number of phenols is 1. The Morgan fingerprint density at radius 1 is 1.22 bits per heavy atom. The molecule has 1 aromatic heterocycles. The highest BCUT2D eigenvalue weighted by molar-refractivity contribution is 8.14. The van der Waals surface area contributed by atoms with Crippen LogP contribution in [0.15, 0.2) is 41.5 Å². The van der Waals surface area contributed by atoms with Gasteiger partial charge in [-0.2, -0.15) is 0 Å². The van der Waals surface area contributed by atoms with Crippen LogP contribution in [0, 0.1) is 0 Å². The van der Waals surface area contributed by atoms with Gasteiger partial charge in [0.2, 0.25) is 5.75 Å². The van der Waals surface area contributed by atoms with Gasteiger partial charge in [-0.15, -0.1) is 0 Å². The van der Waals surface area contributed by atoms with E-state index in [1.54, 1.807) is 32.2 Å². The molecule has 0 saturated carbocycles. The molecule has 2 aromatic rings. The van der Waals surface area contributed by atoms with Crippen molar-refractivity contribution < 1.29 is 14.6 Å². The van der Waals surface area contributed by atoms with Crippen LogP contribution < -0.4 is 9.47 Å². The van der Waals surface area contributed by atoms with Crippen LogP contribution >= 0.6 is 11.8 Å². The van der Waals surface area contributed by atoms with Crippen molar-refractivity contribution in [3.63, 3.8) is 0 Å². The summed E-state index contributed by atoms with van der Waals surface area (Å²) in [7, 11) is 3.09. The van der Waals surface area contributed by atoms with Crippen molar-refractivity contribution in [2.45, 2.75) is 31.5 Å². The third-order valence-corrected chi connectivity index (χ3v) is 6.30. The molecule has 3 atom stereocenters. The zero-order valence-electron chi connectivity index (χ0n) is 15.6. The number of rotatable bonds is 5. The Hall–Kier alpha value is -2.41. The maximum absolute atomic E-state index is 10.3. The van der Waals surface area contributed by atoms with Crippen molar-refractivity contribution in [1.29, 1.82) is 0 Å². The van der Waals surface area contributed by atoms with Crippen LogP contribution in [-0.2, 0) is 0 Å². The number of hydrogen-bond acceptors (Lipinski definition) is 7. The van der Waals surface area contributed by atoms with Crippen LogP contribution in [0.5, 0.6) is 17.2 Å². The quantitative estimate of drug-likeness (QED) is 0.845. The molecular weight excluding hydrogens is 362 g/mol. The van der Waals surface area contributed by atoms with Gasteiger partial charge in [-0.3, -0.25) is 9.98 Å². The molecule has 7 heteroatoms. The Labute approximate surface area is 163 Å². The number of hydrogen-bond donors (Lipinski definition) is 1. The van der Waals surface area contributed by atoms with Crippen LogP contribution in [-0.4, -0.2) is 46.2 Å². The summed E-state index contributed by atoms with van der Waals surface area (Å²) >= 11 is 1.80. The van der Waals surface area contributed by atoms with E-state index in [1.165, 1.54) is 0 Å². The van der Waals surface area contributed by atoms with E-state index in [1.807, 2.05) is 30.3 Å². The maximum atomic E-state index is 10.3. The lowest BCUT2D eigenvalue weighted by atomic mass is 9.94. The first-order valence-corrected chi connectivity index (χ1v) is 10.0. The topological polar surface area (TPSA) is 67.2 Å². The van der Waals surface area contributed by atoms with E-state index in [0.717, 1.165) is 28.6 Å². The number of fused-ring (bicyclic) bond motifs is 1. The van der Waals surface area contributed by atoms with Crippen molar-refractivity contribution in [2.24, 2.45) is 4.99 Å². The summed E-state index contributed by atoms with van der Waals surface area (Å²) in [5.74, 6) is 1.85. The molecule has 4 rings (SSSR count). The van der Waals surface area contributed by atoms with Crippen LogP contribution in [0.25, 0.3) is 0 Å². The second-order valence-corrected chi connectivity index (χ2v) is 7.60. The zero-order valence-corrected chi connectivity index (χ0v) is 16.4. The predicted octanol–water partition coefficient (Wildman–Crippen LogP) is 3.78. The van der Waals surface area contributed by atoms with Gasteiger partial charge in [-0.05, 0) is 36.2 Å². The van der Waals surface area contributed by atoms with Gasteiger partial charge in [0.1, 0.15) is 6.04 Å². The number of nitrogens with zero attached hydrogens (tertiary/aromatic N) is 3. The Balaban J connectivity index is 1.84. The SMILES string of the molecule is CC[C@@H]1CSC2=N[C@H](c3ccccn3)[C@H](c3cc(OC)c(O)c(OC)c3)N21. The normalized spacial score (nSPS) is 23.9. The van der Waals surface area contributed by atoms with Gasteiger partial charge < -0.3 is 19.5 Å². The van der Waals surface area contributed by atoms with Crippen molar-refractivity contribution >= 4 is 16.9 Å². The summed E-state index contributed by atoms with van der Waals surface area (Å²) in [6.07, 6.45) is 2.85. The molecular formula is C20H23N3O3S. The number of aromatic nitrogens is 1. The molecule has 1 fully saturated rings. The van der Waals surface area contributed by atoms with Gasteiger partial charge >= 0.3 is 0 Å². The third kappa shape index (κ3) is 3.00. The van der Waals surface area contributed by atoms with Crippen LogP contribution in [0.1, 0.15) is 36.7 Å². The Morgan fingerprint density at radius 2 is 1.96 bits per heavy atom. The Bertz CT molecular complexity index is 834. The fourth-order valence-electron chi connectivity index (χ4n) is 3.79. The number of amidine groups is 1. The minimum atomic E-state index is -0.109. The summed E-state index contributed by atoms with van der Waals surface area (Å²) < 4.78 is 10.8. The number of phenolic OH excluding ortho intramolecular Hbond substituents is 1. The highest BCUT2D eigenvalue weighted by atomic mass is 32.2. The molecule has 3 heterocycles. The van der Waals surface area contributed by atoms with Crippen molar-refractivity contribution in [3.05, 3.63) is 47.8 Å². The number of methoxy groups -OCH3 is 2. The molecule has 0 unspecified atom stereocenters. The van der Waals surface area contributed by atoms with E-state index >= 15 is 0 Å². The summed E-state index contributed by atoms with van der Waals surface area (Å²) in [5, 5.41) is 11.4. The summed E-state index contributed by atoms with van der Waals surface area (Å²) in [6.45, 7) is 2.21. The van der Waals surface area contributed by atoms with E-state index in [0.29, 0.717) is 17.5 Å². The molecule has 2 aliphatic rings. The van der Waals surface area contributed by atoms with Gasteiger partial charge in [0.05, 0.1) is 26.0 Å². The van der Waals surface area contributed by atoms with Crippen molar-refractivity contribution in [2.75, 3.05) is 20.0 Å². The third-order valence-electron chi connectivity index (χ3n) is 5.17. The number of benzene rings is 1. The largest absolute Gasteiger partial charge is 0.502 e. The van der Waals surface area contributed by atoms with Gasteiger partial charge in [-0.25, -0.2) is 0 Å². The van der Waals surface area contributed by atoms with Crippen LogP contribution in [0.2, 0.25) is 0 Å². The average Bonchev–Trinajstić information content (AvgIpc) is 3.28. The minimum Gasteiger partial charge on any atom is -0.502 e. The fourth-order valence-corrected chi connectivity index (χ4v) is 5.13. The lowest BCUT2D eigenvalue weighted by Crippen LogP contribution is -2.35. The molecule has 6 nitrogen and oxygen atoms in total. The van der Waals surface area contributed by atoms with Crippen molar-refractivity contribution in [3.8, 4) is 17.2 Å². The van der Waals surface area contributed by atoms with E-state index < -0.39 is 0 Å². The molecule has 0 radical (unpaired) electrons. The molecule has 2 aliphatic heterocycles. The van der Waals surface area contributed by atoms with Gasteiger partial charge in [0.25, 0.3) is 0 Å². The molecule has 1 aromatic carbocycles. The average molecular weight is 385 g/mol. The molecule has 27 heavy (non-hydrogen) atoms. The van der Waals surface area contributed by atoms with Crippen LogP contribution in [0.3, 0.4) is 0 Å². The number of ether oxygens (including phenoxy) is 2. The van der Waals surface area contributed by atoms with Gasteiger partial charge in [-0.1, -0.05) is 24.8 Å². The monoisotopic (exact) mass is 385 g/mol. The van der Waals surface area contributed by atoms with E-state index in [-0.39, 0.29) is 17.8 Å². The summed E-state index contributed by atoms with van der Waals surface area (Å²) in [6, 6.07) is 9.98. The Morgan fingerprint density at radius 3 is 2.56 bits per heavy atom. The second kappa shape index (κ2) is 7.31. The van der Waals surface area contributed by atoms with Crippen molar-refractivity contribution in [1.82, 2.24) is 9.88 Å². The molecule has 142 valence electrons. The first-order chi connectivity index (χ1) is 13.2. The number of pyridine rings is 1. The van der Waals surface area contributed by atoms with Gasteiger partial charge in [0, 0.05) is 18.0 Å². The van der Waals surface area contributed by atoms with Crippen LogP contribution in [0.4, 0.5) is 0 Å². The molecule has 1 saturated heterocycles. The maximum Gasteiger partial charge on any atom is 0.200 e. The molecule has 0 bridgehead atoms. The van der Waals surface area contributed by atoms with E-state index in [4.69, 9.17) is 14.5 Å². The minimum absolute atomic E-state index is 0.0140. The lowest BCUT2D eigenvalue weighted by Gasteiger charge is -2.32. The lowest BCUT2D eigenvalue weighted by molar-refractivity contribution is 0.253. The first kappa shape index (κ1) is 18.0. The zero-order chi connectivity index (χ0) is 19.0. The highest BCUT2D eigenvalue weighted by Gasteiger charge is 2.45. The smallest absolute Gasteiger partial charge is 0.200 e. The molecule has 0 amide bonds. The summed E-state index contributed by atoms with van der Waals surface area (Å²) in [5.41, 5.74) is 1.93.